The number of aromatic nitrogens is 3. The summed E-state index contributed by atoms with van der Waals surface area (Å²) in [7, 11) is 1.50. The van der Waals surface area contributed by atoms with Gasteiger partial charge in [0.15, 0.2) is 5.13 Å². The third-order valence-electron chi connectivity index (χ3n) is 1.67. The third-order valence-corrected chi connectivity index (χ3v) is 2.48. The minimum atomic E-state index is 0.280. The zero-order valence-corrected chi connectivity index (χ0v) is 9.15. The van der Waals surface area contributed by atoms with Gasteiger partial charge in [-0.25, -0.2) is 9.97 Å². The average Bonchev–Trinajstić information content (AvgIpc) is 2.77. The molecule has 16 heavy (non-hydrogen) atoms. The van der Waals surface area contributed by atoms with Crippen LogP contribution >= 0.6 is 11.3 Å². The molecule has 0 saturated carbocycles. The molecule has 0 aliphatic rings. The van der Waals surface area contributed by atoms with Crippen molar-refractivity contribution in [2.75, 3.05) is 12.4 Å². The van der Waals surface area contributed by atoms with Gasteiger partial charge in [0.1, 0.15) is 16.8 Å². The number of nitriles is 1. The summed E-state index contributed by atoms with van der Waals surface area (Å²) in [5, 5.41) is 12.2. The van der Waals surface area contributed by atoms with Crippen LogP contribution in [0.5, 0.6) is 6.01 Å². The summed E-state index contributed by atoms with van der Waals surface area (Å²) in [4.78, 5) is 12.5. The molecule has 80 valence electrons. The van der Waals surface area contributed by atoms with Crippen molar-refractivity contribution in [2.24, 2.45) is 0 Å². The Kier molecular flexibility index (Phi) is 2.93. The number of nitrogens with one attached hydrogen (secondary N) is 1. The number of hydrogen-bond donors (Lipinski definition) is 1. The molecule has 0 amide bonds. The number of hydrogen-bond acceptors (Lipinski definition) is 7. The Balaban J connectivity index is 2.17. The van der Waals surface area contributed by atoms with Crippen LogP contribution in [0.2, 0.25) is 0 Å². The fourth-order valence-electron chi connectivity index (χ4n) is 1.00. The van der Waals surface area contributed by atoms with Gasteiger partial charge < -0.3 is 10.1 Å². The number of nitrogens with zero attached hydrogens (tertiary/aromatic N) is 4. The Morgan fingerprint density at radius 3 is 3.06 bits per heavy atom. The maximum absolute atomic E-state index is 8.65. The summed E-state index contributed by atoms with van der Waals surface area (Å²) in [5.41, 5.74) is 0. The molecule has 0 radical (unpaired) electrons. The van der Waals surface area contributed by atoms with Crippen LogP contribution in [0.1, 0.15) is 4.88 Å². The molecule has 2 rings (SSSR count). The highest BCUT2D eigenvalue weighted by Crippen LogP contribution is 2.21. The molecule has 2 aromatic rings. The Morgan fingerprint density at radius 2 is 2.38 bits per heavy atom. The summed E-state index contributed by atoms with van der Waals surface area (Å²) in [6.45, 7) is 0. The van der Waals surface area contributed by atoms with Gasteiger partial charge in [0, 0.05) is 6.20 Å². The molecule has 2 aromatic heterocycles. The summed E-state index contributed by atoms with van der Waals surface area (Å²) in [5.74, 6) is 0.575. The molecule has 0 bridgehead atoms. The molecule has 0 unspecified atom stereocenters. The summed E-state index contributed by atoms with van der Waals surface area (Å²) >= 11 is 1.26. The zero-order valence-electron chi connectivity index (χ0n) is 8.34. The number of rotatable bonds is 3. The second-order valence-corrected chi connectivity index (χ2v) is 3.73. The van der Waals surface area contributed by atoms with E-state index >= 15 is 0 Å². The highest BCUT2D eigenvalue weighted by atomic mass is 32.1. The maximum Gasteiger partial charge on any atom is 0.318 e. The highest BCUT2D eigenvalue weighted by molar-refractivity contribution is 7.16. The lowest BCUT2D eigenvalue weighted by atomic mass is 10.6. The number of anilines is 2. The molecule has 0 atom stereocenters. The molecule has 7 heteroatoms. The van der Waals surface area contributed by atoms with Gasteiger partial charge in [-0.3, -0.25) is 0 Å². The van der Waals surface area contributed by atoms with E-state index in [4.69, 9.17) is 10.00 Å². The van der Waals surface area contributed by atoms with E-state index in [-0.39, 0.29) is 6.01 Å². The van der Waals surface area contributed by atoms with Crippen molar-refractivity contribution in [2.45, 2.75) is 0 Å². The molecule has 6 nitrogen and oxygen atoms in total. The van der Waals surface area contributed by atoms with Gasteiger partial charge in [-0.15, -0.1) is 0 Å². The molecule has 0 fully saturated rings. The first-order chi connectivity index (χ1) is 7.81. The SMILES string of the molecule is COc1nccc(Nc2ncc(C#N)s2)n1. The Bertz CT molecular complexity index is 533. The Morgan fingerprint density at radius 1 is 1.50 bits per heavy atom. The summed E-state index contributed by atoms with van der Waals surface area (Å²) in [6.07, 6.45) is 3.08. The normalized spacial score (nSPS) is 9.50. The van der Waals surface area contributed by atoms with E-state index in [1.807, 2.05) is 6.07 Å². The highest BCUT2D eigenvalue weighted by Gasteiger charge is 2.03. The molecule has 0 aliphatic carbocycles. The average molecular weight is 233 g/mol. The van der Waals surface area contributed by atoms with Gasteiger partial charge in [0.2, 0.25) is 0 Å². The van der Waals surface area contributed by atoms with E-state index in [1.54, 1.807) is 12.3 Å². The first-order valence-corrected chi connectivity index (χ1v) is 5.13. The fourth-order valence-corrected chi connectivity index (χ4v) is 1.62. The van der Waals surface area contributed by atoms with E-state index in [0.717, 1.165) is 0 Å². The first kappa shape index (κ1) is 10.3. The molecule has 1 N–H and O–H groups in total. The van der Waals surface area contributed by atoms with Crippen molar-refractivity contribution in [3.8, 4) is 12.1 Å². The standard InChI is InChI=1S/C9H7N5OS/c1-15-8-11-3-2-7(13-8)14-9-12-5-6(4-10)16-9/h2-3,5H,1H3,(H,11,12,13,14). The van der Waals surface area contributed by atoms with E-state index in [9.17, 15) is 0 Å². The smallest absolute Gasteiger partial charge is 0.318 e. The van der Waals surface area contributed by atoms with Crippen LogP contribution in [0.15, 0.2) is 18.5 Å². The minimum Gasteiger partial charge on any atom is -0.467 e. The number of methoxy groups -OCH3 is 1. The van der Waals surface area contributed by atoms with E-state index < -0.39 is 0 Å². The van der Waals surface area contributed by atoms with Crippen LogP contribution in [-0.4, -0.2) is 22.1 Å². The van der Waals surface area contributed by atoms with Gasteiger partial charge in [0.25, 0.3) is 0 Å². The van der Waals surface area contributed by atoms with E-state index in [1.165, 1.54) is 24.6 Å². The van der Waals surface area contributed by atoms with Crippen molar-refractivity contribution >= 4 is 22.3 Å². The molecule has 0 spiro atoms. The first-order valence-electron chi connectivity index (χ1n) is 4.32. The molecular formula is C9H7N5OS. The van der Waals surface area contributed by atoms with Crippen LogP contribution < -0.4 is 10.1 Å². The van der Waals surface area contributed by atoms with E-state index in [2.05, 4.69) is 20.3 Å². The van der Waals surface area contributed by atoms with Crippen LogP contribution in [0.3, 0.4) is 0 Å². The third kappa shape index (κ3) is 2.24. The second-order valence-electron chi connectivity index (χ2n) is 2.70. The molecular weight excluding hydrogens is 226 g/mol. The van der Waals surface area contributed by atoms with E-state index in [0.29, 0.717) is 15.8 Å². The van der Waals surface area contributed by atoms with Gasteiger partial charge in [-0.2, -0.15) is 10.2 Å². The lowest BCUT2D eigenvalue weighted by Gasteiger charge is -2.02. The van der Waals surface area contributed by atoms with Crippen LogP contribution in [0.4, 0.5) is 10.9 Å². The number of ether oxygens (including phenoxy) is 1. The van der Waals surface area contributed by atoms with Crippen molar-refractivity contribution in [1.82, 2.24) is 15.0 Å². The lowest BCUT2D eigenvalue weighted by molar-refractivity contribution is 0.380. The Labute approximate surface area is 95.6 Å². The minimum absolute atomic E-state index is 0.280. The van der Waals surface area contributed by atoms with Crippen LogP contribution in [0.25, 0.3) is 0 Å². The lowest BCUT2D eigenvalue weighted by Crippen LogP contribution is -1.96. The molecule has 2 heterocycles. The van der Waals surface area contributed by atoms with Crippen molar-refractivity contribution < 1.29 is 4.74 Å². The van der Waals surface area contributed by atoms with Gasteiger partial charge in [0.05, 0.1) is 13.3 Å². The zero-order chi connectivity index (χ0) is 11.4. The predicted molar refractivity (Wildman–Crippen MR) is 58.7 cm³/mol. The molecule has 0 aliphatic heterocycles. The molecule has 0 saturated heterocycles. The largest absolute Gasteiger partial charge is 0.467 e. The number of thiazole rings is 1. The van der Waals surface area contributed by atoms with Gasteiger partial charge in [-0.1, -0.05) is 11.3 Å². The predicted octanol–water partition coefficient (Wildman–Crippen LogP) is 1.56. The van der Waals surface area contributed by atoms with Gasteiger partial charge in [-0.05, 0) is 6.07 Å². The van der Waals surface area contributed by atoms with Gasteiger partial charge >= 0.3 is 6.01 Å². The fraction of sp³-hybridized carbons (Fsp3) is 0.111. The van der Waals surface area contributed by atoms with Crippen LogP contribution in [0, 0.1) is 11.3 Å². The van der Waals surface area contributed by atoms with Crippen molar-refractivity contribution in [1.29, 1.82) is 5.26 Å². The summed E-state index contributed by atoms with van der Waals surface area (Å²) in [6, 6.07) is 3.98. The van der Waals surface area contributed by atoms with Crippen LogP contribution in [-0.2, 0) is 0 Å². The quantitative estimate of drug-likeness (QED) is 0.866. The Hall–Kier alpha value is -2.20. The van der Waals surface area contributed by atoms with Crippen molar-refractivity contribution in [3.63, 3.8) is 0 Å². The molecule has 0 aromatic carbocycles. The van der Waals surface area contributed by atoms with Crippen molar-refractivity contribution in [3.05, 3.63) is 23.3 Å². The maximum atomic E-state index is 8.65. The topological polar surface area (TPSA) is 83.7 Å². The second kappa shape index (κ2) is 4.55. The summed E-state index contributed by atoms with van der Waals surface area (Å²) < 4.78 is 4.89. The monoisotopic (exact) mass is 233 g/mol.